The average molecular weight is 230 g/mol. The van der Waals surface area contributed by atoms with Gasteiger partial charge in [-0.15, -0.1) is 11.3 Å². The largest absolute Gasteiger partial charge is 0.398 e. The quantitative estimate of drug-likeness (QED) is 0.738. The zero-order valence-corrected chi connectivity index (χ0v) is 10.4. The number of thiophene rings is 1. The smallest absolute Gasteiger partial charge is 0.0468 e. The van der Waals surface area contributed by atoms with E-state index in [0.717, 1.165) is 24.0 Å². The van der Waals surface area contributed by atoms with Gasteiger partial charge >= 0.3 is 0 Å². The SMILES string of the molecule is CSC(C)CCNCc1sccc1N. The molecular formula is C10H18N2S2. The molecule has 3 N–H and O–H groups in total. The van der Waals surface area contributed by atoms with Gasteiger partial charge in [-0.25, -0.2) is 0 Å². The average Bonchev–Trinajstić information content (AvgIpc) is 2.58. The number of hydrogen-bond donors (Lipinski definition) is 2. The van der Waals surface area contributed by atoms with Crippen molar-refractivity contribution in [2.24, 2.45) is 0 Å². The lowest BCUT2D eigenvalue weighted by Crippen LogP contribution is -2.17. The number of nitrogens with one attached hydrogen (secondary N) is 1. The van der Waals surface area contributed by atoms with Gasteiger partial charge in [0, 0.05) is 22.4 Å². The van der Waals surface area contributed by atoms with Crippen LogP contribution in [0, 0.1) is 0 Å². The van der Waals surface area contributed by atoms with Gasteiger partial charge in [-0.3, -0.25) is 0 Å². The van der Waals surface area contributed by atoms with Crippen LogP contribution in [0.15, 0.2) is 11.4 Å². The van der Waals surface area contributed by atoms with Crippen molar-refractivity contribution >= 4 is 28.8 Å². The summed E-state index contributed by atoms with van der Waals surface area (Å²) < 4.78 is 0. The number of nitrogen functional groups attached to an aromatic ring is 1. The van der Waals surface area contributed by atoms with Gasteiger partial charge in [-0.2, -0.15) is 11.8 Å². The molecule has 80 valence electrons. The topological polar surface area (TPSA) is 38.0 Å². The van der Waals surface area contributed by atoms with Gasteiger partial charge in [0.1, 0.15) is 0 Å². The second-order valence-electron chi connectivity index (χ2n) is 3.31. The van der Waals surface area contributed by atoms with E-state index in [9.17, 15) is 0 Å². The molecular weight excluding hydrogens is 212 g/mol. The molecule has 0 aliphatic rings. The molecule has 1 rings (SSSR count). The molecule has 4 heteroatoms. The van der Waals surface area contributed by atoms with Crippen molar-refractivity contribution in [1.82, 2.24) is 5.32 Å². The highest BCUT2D eigenvalue weighted by Gasteiger charge is 2.01. The highest BCUT2D eigenvalue weighted by Crippen LogP contribution is 2.18. The Labute approximate surface area is 94.3 Å². The highest BCUT2D eigenvalue weighted by molar-refractivity contribution is 7.99. The van der Waals surface area contributed by atoms with Crippen LogP contribution in [-0.4, -0.2) is 18.1 Å². The summed E-state index contributed by atoms with van der Waals surface area (Å²) in [6.45, 7) is 4.23. The van der Waals surface area contributed by atoms with Gasteiger partial charge < -0.3 is 11.1 Å². The van der Waals surface area contributed by atoms with E-state index in [1.54, 1.807) is 11.3 Å². The highest BCUT2D eigenvalue weighted by atomic mass is 32.2. The van der Waals surface area contributed by atoms with Crippen molar-refractivity contribution in [1.29, 1.82) is 0 Å². The molecule has 1 unspecified atom stereocenters. The molecule has 0 aliphatic carbocycles. The fourth-order valence-corrected chi connectivity index (χ4v) is 2.24. The van der Waals surface area contributed by atoms with E-state index < -0.39 is 0 Å². The monoisotopic (exact) mass is 230 g/mol. The van der Waals surface area contributed by atoms with Crippen molar-refractivity contribution in [3.8, 4) is 0 Å². The van der Waals surface area contributed by atoms with Crippen LogP contribution in [0.3, 0.4) is 0 Å². The van der Waals surface area contributed by atoms with Gasteiger partial charge in [0.2, 0.25) is 0 Å². The normalized spacial score (nSPS) is 13.0. The first-order valence-corrected chi connectivity index (χ1v) is 6.96. The van der Waals surface area contributed by atoms with E-state index in [1.165, 1.54) is 11.3 Å². The first kappa shape index (κ1) is 11.9. The van der Waals surface area contributed by atoms with Crippen LogP contribution in [0.4, 0.5) is 5.69 Å². The molecule has 0 fully saturated rings. The number of hydrogen-bond acceptors (Lipinski definition) is 4. The summed E-state index contributed by atoms with van der Waals surface area (Å²) in [5.74, 6) is 0. The number of anilines is 1. The Bertz CT molecular complexity index is 260. The zero-order valence-electron chi connectivity index (χ0n) is 8.75. The Morgan fingerprint density at radius 3 is 3.00 bits per heavy atom. The van der Waals surface area contributed by atoms with Crippen LogP contribution >= 0.6 is 23.1 Å². The molecule has 1 aromatic rings. The molecule has 1 aromatic heterocycles. The van der Waals surface area contributed by atoms with Crippen LogP contribution < -0.4 is 11.1 Å². The summed E-state index contributed by atoms with van der Waals surface area (Å²) in [5.41, 5.74) is 6.69. The Balaban J connectivity index is 2.13. The van der Waals surface area contributed by atoms with Crippen molar-refractivity contribution in [3.05, 3.63) is 16.3 Å². The molecule has 14 heavy (non-hydrogen) atoms. The Morgan fingerprint density at radius 2 is 2.43 bits per heavy atom. The molecule has 0 aromatic carbocycles. The Kier molecular flexibility index (Phi) is 5.37. The summed E-state index contributed by atoms with van der Waals surface area (Å²) in [6.07, 6.45) is 3.37. The standard InChI is InChI=1S/C10H18N2S2/c1-8(13-2)3-5-12-7-10-9(11)4-6-14-10/h4,6,8,12H,3,5,7,11H2,1-2H3. The Hall–Kier alpha value is -0.190. The molecule has 0 saturated carbocycles. The summed E-state index contributed by atoms with van der Waals surface area (Å²) in [4.78, 5) is 1.25. The molecule has 0 saturated heterocycles. The fourth-order valence-electron chi connectivity index (χ4n) is 1.12. The lowest BCUT2D eigenvalue weighted by molar-refractivity contribution is 0.653. The minimum absolute atomic E-state index is 0.739. The molecule has 1 atom stereocenters. The number of nitrogens with two attached hydrogens (primary N) is 1. The summed E-state index contributed by atoms with van der Waals surface area (Å²) >= 11 is 3.64. The summed E-state index contributed by atoms with van der Waals surface area (Å²) in [6, 6.07) is 1.96. The van der Waals surface area contributed by atoms with Gasteiger partial charge in [0.25, 0.3) is 0 Å². The maximum atomic E-state index is 5.78. The van der Waals surface area contributed by atoms with Crippen molar-refractivity contribution in [3.63, 3.8) is 0 Å². The predicted octanol–water partition coefficient (Wildman–Crippen LogP) is 2.56. The molecule has 2 nitrogen and oxygen atoms in total. The minimum atomic E-state index is 0.739. The zero-order chi connectivity index (χ0) is 10.4. The molecule has 0 spiro atoms. The second kappa shape index (κ2) is 6.32. The molecule has 0 aliphatic heterocycles. The van der Waals surface area contributed by atoms with Crippen LogP contribution in [0.5, 0.6) is 0 Å². The van der Waals surface area contributed by atoms with Gasteiger partial charge in [0.05, 0.1) is 0 Å². The lowest BCUT2D eigenvalue weighted by Gasteiger charge is -2.08. The summed E-state index contributed by atoms with van der Waals surface area (Å²) in [7, 11) is 0. The first-order chi connectivity index (χ1) is 6.74. The third kappa shape index (κ3) is 3.90. The first-order valence-electron chi connectivity index (χ1n) is 4.79. The van der Waals surface area contributed by atoms with E-state index in [-0.39, 0.29) is 0 Å². The third-order valence-electron chi connectivity index (χ3n) is 2.20. The molecule has 1 heterocycles. The maximum absolute atomic E-state index is 5.78. The van der Waals surface area contributed by atoms with E-state index in [0.29, 0.717) is 0 Å². The van der Waals surface area contributed by atoms with Crippen LogP contribution in [-0.2, 0) is 6.54 Å². The van der Waals surface area contributed by atoms with Crippen molar-refractivity contribution in [2.75, 3.05) is 18.5 Å². The summed E-state index contributed by atoms with van der Waals surface area (Å²) in [5, 5.41) is 6.19. The molecule has 0 bridgehead atoms. The third-order valence-corrected chi connectivity index (χ3v) is 4.17. The van der Waals surface area contributed by atoms with Crippen LogP contribution in [0.1, 0.15) is 18.2 Å². The van der Waals surface area contributed by atoms with Gasteiger partial charge in [0.15, 0.2) is 0 Å². The van der Waals surface area contributed by atoms with Crippen LogP contribution in [0.25, 0.3) is 0 Å². The predicted molar refractivity (Wildman–Crippen MR) is 68.0 cm³/mol. The molecule has 0 amide bonds. The second-order valence-corrected chi connectivity index (χ2v) is 5.59. The van der Waals surface area contributed by atoms with Crippen molar-refractivity contribution < 1.29 is 0 Å². The number of rotatable bonds is 6. The van der Waals surface area contributed by atoms with E-state index >= 15 is 0 Å². The van der Waals surface area contributed by atoms with Crippen LogP contribution in [0.2, 0.25) is 0 Å². The minimum Gasteiger partial charge on any atom is -0.398 e. The van der Waals surface area contributed by atoms with Crippen molar-refractivity contribution in [2.45, 2.75) is 25.1 Å². The fraction of sp³-hybridized carbons (Fsp3) is 0.600. The van der Waals surface area contributed by atoms with Gasteiger partial charge in [-0.1, -0.05) is 6.92 Å². The van der Waals surface area contributed by atoms with Gasteiger partial charge in [-0.05, 0) is 30.7 Å². The maximum Gasteiger partial charge on any atom is 0.0468 e. The van der Waals surface area contributed by atoms with E-state index in [4.69, 9.17) is 5.73 Å². The lowest BCUT2D eigenvalue weighted by atomic mass is 10.3. The Morgan fingerprint density at radius 1 is 1.64 bits per heavy atom. The van der Waals surface area contributed by atoms with E-state index in [2.05, 4.69) is 18.5 Å². The van der Waals surface area contributed by atoms with E-state index in [1.807, 2.05) is 23.2 Å². The number of thioether (sulfide) groups is 1. The molecule has 0 radical (unpaired) electrons.